The van der Waals surface area contributed by atoms with Gasteiger partial charge in [0.05, 0.1) is 18.4 Å². The minimum absolute atomic E-state index is 0.0650. The van der Waals surface area contributed by atoms with Gasteiger partial charge in [0.15, 0.2) is 0 Å². The van der Waals surface area contributed by atoms with Crippen LogP contribution in [0.25, 0.3) is 0 Å². The number of hydrogen-bond acceptors (Lipinski definition) is 3. The summed E-state index contributed by atoms with van der Waals surface area (Å²) in [5.41, 5.74) is 0.839. The largest absolute Gasteiger partial charge is 0.388 e. The average Bonchev–Trinajstić information content (AvgIpc) is 2.51. The minimum Gasteiger partial charge on any atom is -0.388 e. The predicted octanol–water partition coefficient (Wildman–Crippen LogP) is 0.879. The van der Waals surface area contributed by atoms with Crippen LogP contribution in [0.15, 0.2) is 12.4 Å². The molecule has 4 nitrogen and oxygen atoms in total. The van der Waals surface area contributed by atoms with Crippen LogP contribution in [0.4, 0.5) is 0 Å². The van der Waals surface area contributed by atoms with E-state index in [1.165, 1.54) is 0 Å². The van der Waals surface area contributed by atoms with Crippen molar-refractivity contribution in [2.75, 3.05) is 7.11 Å². The van der Waals surface area contributed by atoms with Gasteiger partial charge in [0.1, 0.15) is 0 Å². The molecule has 1 aromatic heterocycles. The third-order valence-electron chi connectivity index (χ3n) is 2.07. The van der Waals surface area contributed by atoms with Crippen LogP contribution in [0.3, 0.4) is 0 Å². The van der Waals surface area contributed by atoms with Gasteiger partial charge in [-0.05, 0) is 6.92 Å². The van der Waals surface area contributed by atoms with Crippen molar-refractivity contribution < 1.29 is 9.84 Å². The molecule has 0 aliphatic rings. The first-order chi connectivity index (χ1) is 6.13. The molecule has 0 aliphatic heterocycles. The molecular weight excluding hydrogens is 168 g/mol. The van der Waals surface area contributed by atoms with Crippen LogP contribution in [0.2, 0.25) is 0 Å². The Morgan fingerprint density at radius 3 is 2.85 bits per heavy atom. The summed E-state index contributed by atoms with van der Waals surface area (Å²) in [4.78, 5) is 0. The molecule has 1 N–H and O–H groups in total. The summed E-state index contributed by atoms with van der Waals surface area (Å²) in [5.74, 6) is 0. The Hall–Kier alpha value is -0.870. The van der Waals surface area contributed by atoms with Crippen molar-refractivity contribution in [1.82, 2.24) is 9.78 Å². The van der Waals surface area contributed by atoms with Gasteiger partial charge >= 0.3 is 0 Å². The first-order valence-corrected chi connectivity index (χ1v) is 4.33. The highest BCUT2D eigenvalue weighted by Crippen LogP contribution is 2.17. The maximum atomic E-state index is 9.70. The number of nitrogens with zero attached hydrogens (tertiary/aromatic N) is 2. The Morgan fingerprint density at radius 1 is 1.69 bits per heavy atom. The predicted molar refractivity (Wildman–Crippen MR) is 49.3 cm³/mol. The smallest absolute Gasteiger partial charge is 0.0845 e. The van der Waals surface area contributed by atoms with Crippen LogP contribution in [-0.4, -0.2) is 28.1 Å². The lowest BCUT2D eigenvalue weighted by atomic mass is 10.1. The van der Waals surface area contributed by atoms with Crippen LogP contribution in [0.1, 0.15) is 25.0 Å². The van der Waals surface area contributed by atoms with Crippen LogP contribution >= 0.6 is 0 Å². The molecule has 74 valence electrons. The molecule has 2 unspecified atom stereocenters. The van der Waals surface area contributed by atoms with E-state index in [4.69, 9.17) is 4.74 Å². The van der Waals surface area contributed by atoms with Crippen molar-refractivity contribution in [3.8, 4) is 0 Å². The van der Waals surface area contributed by atoms with E-state index in [0.29, 0.717) is 6.42 Å². The Morgan fingerprint density at radius 2 is 2.38 bits per heavy atom. The molecule has 1 aromatic rings. The molecule has 0 spiro atoms. The van der Waals surface area contributed by atoms with Gasteiger partial charge in [-0.15, -0.1) is 0 Å². The summed E-state index contributed by atoms with van der Waals surface area (Å²) in [7, 11) is 3.47. The first kappa shape index (κ1) is 10.2. The standard InChI is InChI=1S/C9H16N2O2/c1-7(13-3)4-9(12)8-5-10-11(2)6-8/h5-7,9,12H,4H2,1-3H3. The number of ether oxygens (including phenoxy) is 1. The summed E-state index contributed by atoms with van der Waals surface area (Å²) in [6.07, 6.45) is 3.67. The summed E-state index contributed by atoms with van der Waals surface area (Å²) in [6.45, 7) is 1.93. The lowest BCUT2D eigenvalue weighted by Crippen LogP contribution is -2.10. The average molecular weight is 184 g/mol. The van der Waals surface area contributed by atoms with Crippen molar-refractivity contribution in [3.05, 3.63) is 18.0 Å². The lowest BCUT2D eigenvalue weighted by molar-refractivity contribution is 0.0559. The molecule has 0 radical (unpaired) electrons. The van der Waals surface area contributed by atoms with Gasteiger partial charge in [0.25, 0.3) is 0 Å². The second-order valence-electron chi connectivity index (χ2n) is 3.25. The van der Waals surface area contributed by atoms with Crippen molar-refractivity contribution in [3.63, 3.8) is 0 Å². The highest BCUT2D eigenvalue weighted by Gasteiger charge is 2.12. The molecule has 1 heterocycles. The third-order valence-corrected chi connectivity index (χ3v) is 2.07. The summed E-state index contributed by atoms with van der Waals surface area (Å²) in [6, 6.07) is 0. The maximum Gasteiger partial charge on any atom is 0.0845 e. The number of aliphatic hydroxyl groups is 1. The van der Waals surface area contributed by atoms with E-state index >= 15 is 0 Å². The van der Waals surface area contributed by atoms with E-state index in [-0.39, 0.29) is 6.10 Å². The van der Waals surface area contributed by atoms with Gasteiger partial charge in [-0.1, -0.05) is 0 Å². The van der Waals surface area contributed by atoms with Crippen LogP contribution < -0.4 is 0 Å². The number of aryl methyl sites for hydroxylation is 1. The number of rotatable bonds is 4. The van der Waals surface area contributed by atoms with E-state index in [9.17, 15) is 5.11 Å². The lowest BCUT2D eigenvalue weighted by Gasteiger charge is -2.13. The highest BCUT2D eigenvalue weighted by atomic mass is 16.5. The molecule has 2 atom stereocenters. The minimum atomic E-state index is -0.483. The second-order valence-corrected chi connectivity index (χ2v) is 3.25. The number of methoxy groups -OCH3 is 1. The quantitative estimate of drug-likeness (QED) is 0.755. The topological polar surface area (TPSA) is 47.3 Å². The molecule has 0 bridgehead atoms. The number of aliphatic hydroxyl groups excluding tert-OH is 1. The van der Waals surface area contributed by atoms with Crippen molar-refractivity contribution in [1.29, 1.82) is 0 Å². The normalized spacial score (nSPS) is 15.7. The molecule has 1 rings (SSSR count). The molecule has 13 heavy (non-hydrogen) atoms. The molecule has 0 aliphatic carbocycles. The Labute approximate surface area is 78.1 Å². The highest BCUT2D eigenvalue weighted by molar-refractivity contribution is 5.07. The number of aromatic nitrogens is 2. The molecule has 0 fully saturated rings. The van der Waals surface area contributed by atoms with Gasteiger partial charge < -0.3 is 9.84 Å². The molecular formula is C9H16N2O2. The first-order valence-electron chi connectivity index (χ1n) is 4.33. The van der Waals surface area contributed by atoms with E-state index in [1.807, 2.05) is 20.2 Å². The Kier molecular flexibility index (Phi) is 3.45. The maximum absolute atomic E-state index is 9.70. The van der Waals surface area contributed by atoms with Crippen LogP contribution in [0, 0.1) is 0 Å². The Balaban J connectivity index is 2.53. The van der Waals surface area contributed by atoms with Crippen LogP contribution in [0.5, 0.6) is 0 Å². The zero-order valence-corrected chi connectivity index (χ0v) is 8.27. The zero-order valence-electron chi connectivity index (χ0n) is 8.27. The fourth-order valence-corrected chi connectivity index (χ4v) is 1.16. The fourth-order valence-electron chi connectivity index (χ4n) is 1.16. The monoisotopic (exact) mass is 184 g/mol. The molecule has 0 aromatic carbocycles. The van der Waals surface area contributed by atoms with Gasteiger partial charge in [-0.3, -0.25) is 4.68 Å². The summed E-state index contributed by atoms with van der Waals surface area (Å²) in [5, 5.41) is 13.7. The summed E-state index contributed by atoms with van der Waals surface area (Å²) >= 11 is 0. The van der Waals surface area contributed by atoms with Gasteiger partial charge in [0, 0.05) is 32.3 Å². The van der Waals surface area contributed by atoms with Crippen LogP contribution in [-0.2, 0) is 11.8 Å². The Bertz CT molecular complexity index is 260. The second kappa shape index (κ2) is 4.39. The third kappa shape index (κ3) is 2.82. The molecule has 0 saturated carbocycles. The molecule has 0 saturated heterocycles. The number of hydrogen-bond donors (Lipinski definition) is 1. The van der Waals surface area contributed by atoms with E-state index in [2.05, 4.69) is 5.10 Å². The van der Waals surface area contributed by atoms with Crippen molar-refractivity contribution in [2.24, 2.45) is 7.05 Å². The molecule has 0 amide bonds. The van der Waals surface area contributed by atoms with Crippen molar-refractivity contribution in [2.45, 2.75) is 25.6 Å². The van der Waals surface area contributed by atoms with E-state index < -0.39 is 6.10 Å². The fraction of sp³-hybridized carbons (Fsp3) is 0.667. The summed E-state index contributed by atoms with van der Waals surface area (Å²) < 4.78 is 6.74. The van der Waals surface area contributed by atoms with E-state index in [1.54, 1.807) is 18.0 Å². The molecule has 4 heteroatoms. The van der Waals surface area contributed by atoms with E-state index in [0.717, 1.165) is 5.56 Å². The van der Waals surface area contributed by atoms with Crippen molar-refractivity contribution >= 4 is 0 Å². The van der Waals surface area contributed by atoms with Gasteiger partial charge in [-0.2, -0.15) is 5.10 Å². The van der Waals surface area contributed by atoms with Gasteiger partial charge in [0.2, 0.25) is 0 Å². The van der Waals surface area contributed by atoms with Gasteiger partial charge in [-0.25, -0.2) is 0 Å². The zero-order chi connectivity index (χ0) is 9.84. The SMILES string of the molecule is COC(C)CC(O)c1cnn(C)c1.